The Morgan fingerprint density at radius 3 is 2.38 bits per heavy atom. The number of rotatable bonds is 4. The number of ether oxygens (including phenoxy) is 1. The number of benzene rings is 1. The van der Waals surface area contributed by atoms with Gasteiger partial charge in [-0.05, 0) is 11.1 Å². The molecule has 0 spiro atoms. The molecule has 4 N–H and O–H groups in total. The number of nitrogens with zero attached hydrogens (tertiary/aromatic N) is 2. The molecule has 0 fully saturated rings. The monoisotopic (exact) mass is 415 g/mol. The van der Waals surface area contributed by atoms with Crippen LogP contribution in [0.25, 0.3) is 0 Å². The molecule has 2 atom stereocenters. The number of carboxylic acid groups (broad SMARTS) is 2. The summed E-state index contributed by atoms with van der Waals surface area (Å²) in [6.07, 6.45) is -4.01. The first-order valence-electron chi connectivity index (χ1n) is 8.01. The van der Waals surface area contributed by atoms with E-state index in [1.54, 1.807) is 0 Å². The number of carbonyl (C=O) groups is 2. The first kappa shape index (κ1) is 21.9. The Hall–Kier alpha value is -3.41. The molecule has 0 saturated heterocycles. The summed E-state index contributed by atoms with van der Waals surface area (Å²) in [6, 6.07) is 7.32. The number of anilines is 1. The van der Waals surface area contributed by atoms with Gasteiger partial charge in [0.05, 0.1) is 19.3 Å². The molecule has 1 aromatic carbocycles. The molecule has 1 aromatic heterocycles. The summed E-state index contributed by atoms with van der Waals surface area (Å²) in [5.41, 5.74) is 1.80. The molecule has 1 heterocycles. The molecule has 12 heteroatoms. The normalized spacial score (nSPS) is 17.6. The Balaban J connectivity index is 0.000000370. The molecule has 2 aromatic rings. The maximum atomic E-state index is 11.2. The smallest absolute Gasteiger partial charge is 0.490 e. The maximum Gasteiger partial charge on any atom is 0.490 e. The summed E-state index contributed by atoms with van der Waals surface area (Å²) in [4.78, 5) is 27.8. The van der Waals surface area contributed by atoms with Gasteiger partial charge in [0, 0.05) is 6.42 Å². The van der Waals surface area contributed by atoms with Crippen LogP contribution in [0.4, 0.5) is 19.0 Å². The molecule has 0 radical (unpaired) electrons. The number of hydrogen-bond donors (Lipinski definition) is 4. The van der Waals surface area contributed by atoms with E-state index in [0.717, 1.165) is 17.5 Å². The van der Waals surface area contributed by atoms with E-state index >= 15 is 0 Å². The fourth-order valence-corrected chi connectivity index (χ4v) is 2.72. The lowest BCUT2D eigenvalue weighted by atomic mass is 10.1. The van der Waals surface area contributed by atoms with Gasteiger partial charge in [-0.1, -0.05) is 24.3 Å². The zero-order chi connectivity index (χ0) is 21.8. The van der Waals surface area contributed by atoms with Crippen molar-refractivity contribution in [1.29, 1.82) is 0 Å². The third-order valence-electron chi connectivity index (χ3n) is 3.95. The lowest BCUT2D eigenvalue weighted by Gasteiger charge is -2.20. The topological polar surface area (TPSA) is 142 Å². The number of aliphatic carboxylic acids is 1. The summed E-state index contributed by atoms with van der Waals surface area (Å²) in [5, 5.41) is 29.6. The maximum absolute atomic E-state index is 11.2. The Kier molecular flexibility index (Phi) is 6.59. The van der Waals surface area contributed by atoms with Gasteiger partial charge in [-0.2, -0.15) is 13.2 Å². The van der Waals surface area contributed by atoms with Gasteiger partial charge in [0.2, 0.25) is 0 Å². The summed E-state index contributed by atoms with van der Waals surface area (Å²) >= 11 is 0. The minimum Gasteiger partial charge on any atom is -0.491 e. The van der Waals surface area contributed by atoms with E-state index in [-0.39, 0.29) is 23.3 Å². The van der Waals surface area contributed by atoms with Crippen LogP contribution in [0.3, 0.4) is 0 Å². The second kappa shape index (κ2) is 8.73. The average Bonchev–Trinajstić information content (AvgIpc) is 2.96. The summed E-state index contributed by atoms with van der Waals surface area (Å²) in [6.45, 7) is 0. The van der Waals surface area contributed by atoms with E-state index in [0.29, 0.717) is 6.42 Å². The van der Waals surface area contributed by atoms with Crippen molar-refractivity contribution in [1.82, 2.24) is 9.97 Å². The second-order valence-corrected chi connectivity index (χ2v) is 5.80. The van der Waals surface area contributed by atoms with Crippen LogP contribution in [0.5, 0.6) is 5.75 Å². The van der Waals surface area contributed by atoms with Crippen molar-refractivity contribution in [2.45, 2.75) is 24.7 Å². The zero-order valence-corrected chi connectivity index (χ0v) is 14.8. The van der Waals surface area contributed by atoms with E-state index in [9.17, 15) is 23.1 Å². The van der Waals surface area contributed by atoms with Crippen LogP contribution in [0, 0.1) is 0 Å². The number of fused-ring (bicyclic) bond motifs is 1. The number of aliphatic hydroxyl groups excluding tert-OH is 1. The van der Waals surface area contributed by atoms with Crippen LogP contribution in [0.15, 0.2) is 30.6 Å². The van der Waals surface area contributed by atoms with Crippen molar-refractivity contribution in [2.24, 2.45) is 0 Å². The predicted molar refractivity (Wildman–Crippen MR) is 91.8 cm³/mol. The highest BCUT2D eigenvalue weighted by Gasteiger charge is 2.38. The summed E-state index contributed by atoms with van der Waals surface area (Å²) in [5.74, 6) is -3.66. The van der Waals surface area contributed by atoms with Crippen LogP contribution < -0.4 is 10.1 Å². The lowest BCUT2D eigenvalue weighted by molar-refractivity contribution is -0.192. The summed E-state index contributed by atoms with van der Waals surface area (Å²) in [7, 11) is 1.36. The number of nitrogens with one attached hydrogen (secondary N) is 1. The minimum atomic E-state index is -5.08. The van der Waals surface area contributed by atoms with Gasteiger partial charge >= 0.3 is 18.1 Å². The van der Waals surface area contributed by atoms with Crippen LogP contribution >= 0.6 is 0 Å². The van der Waals surface area contributed by atoms with Gasteiger partial charge in [-0.3, -0.25) is 0 Å². The van der Waals surface area contributed by atoms with Gasteiger partial charge in [0.25, 0.3) is 0 Å². The van der Waals surface area contributed by atoms with Crippen LogP contribution in [0.1, 0.15) is 27.7 Å². The molecule has 3 rings (SSSR count). The molecule has 1 aliphatic carbocycles. The van der Waals surface area contributed by atoms with Crippen LogP contribution in [-0.4, -0.2) is 56.6 Å². The minimum absolute atomic E-state index is 0.0478. The number of aliphatic hydroxyl groups is 1. The third kappa shape index (κ3) is 5.10. The molecule has 0 bridgehead atoms. The van der Waals surface area contributed by atoms with Crippen molar-refractivity contribution in [3.8, 4) is 5.75 Å². The Morgan fingerprint density at radius 1 is 1.21 bits per heavy atom. The third-order valence-corrected chi connectivity index (χ3v) is 3.95. The quantitative estimate of drug-likeness (QED) is 0.589. The predicted octanol–water partition coefficient (Wildman–Crippen LogP) is 1.89. The molecule has 0 saturated carbocycles. The van der Waals surface area contributed by atoms with Crippen molar-refractivity contribution in [3.05, 3.63) is 47.4 Å². The highest BCUT2D eigenvalue weighted by Crippen LogP contribution is 2.36. The highest BCUT2D eigenvalue weighted by atomic mass is 19.4. The highest BCUT2D eigenvalue weighted by molar-refractivity contribution is 5.90. The first-order chi connectivity index (χ1) is 13.6. The lowest BCUT2D eigenvalue weighted by Crippen LogP contribution is -2.22. The van der Waals surface area contributed by atoms with E-state index in [1.807, 2.05) is 24.3 Å². The van der Waals surface area contributed by atoms with Crippen molar-refractivity contribution < 1.29 is 42.8 Å². The Morgan fingerprint density at radius 2 is 1.83 bits per heavy atom. The van der Waals surface area contributed by atoms with Crippen molar-refractivity contribution in [2.75, 3.05) is 12.4 Å². The van der Waals surface area contributed by atoms with Crippen LogP contribution in [-0.2, 0) is 11.2 Å². The van der Waals surface area contributed by atoms with Gasteiger partial charge in [0.15, 0.2) is 17.3 Å². The fourth-order valence-electron chi connectivity index (χ4n) is 2.72. The van der Waals surface area contributed by atoms with Crippen LogP contribution in [0.2, 0.25) is 0 Å². The zero-order valence-electron chi connectivity index (χ0n) is 14.8. The Labute approximate surface area is 161 Å². The number of alkyl halides is 3. The van der Waals surface area contributed by atoms with E-state index in [2.05, 4.69) is 15.3 Å². The standard InChI is InChI=1S/C15H15N3O4.C2HF3O2/c1-22-13-12(15(20)21)16-7-17-14(13)18-11-9-5-3-2-4-8(9)6-10(11)19;3-2(4,5)1(6)7/h2-5,7,10-11,19H,6H2,1H3,(H,20,21)(H,16,17,18);(H,6,7)/t10-,11+;/m1./s1. The molecule has 0 aliphatic heterocycles. The number of halogens is 3. The number of aromatic nitrogens is 2. The molecular weight excluding hydrogens is 399 g/mol. The van der Waals surface area contributed by atoms with Gasteiger partial charge < -0.3 is 25.4 Å². The van der Waals surface area contributed by atoms with Gasteiger partial charge in [0.1, 0.15) is 6.33 Å². The molecule has 29 heavy (non-hydrogen) atoms. The average molecular weight is 415 g/mol. The van der Waals surface area contributed by atoms with E-state index in [4.69, 9.17) is 19.7 Å². The van der Waals surface area contributed by atoms with Crippen molar-refractivity contribution in [3.63, 3.8) is 0 Å². The summed E-state index contributed by atoms with van der Waals surface area (Å²) < 4.78 is 36.9. The van der Waals surface area contributed by atoms with Gasteiger partial charge in [-0.15, -0.1) is 0 Å². The molecule has 0 unspecified atom stereocenters. The number of methoxy groups -OCH3 is 1. The fraction of sp³-hybridized carbons (Fsp3) is 0.294. The SMILES string of the molecule is COc1c(N[C@H]2c3ccccc3C[C@H]2O)ncnc1C(=O)O.O=C(O)C(F)(F)F. The number of aromatic carboxylic acids is 1. The first-order valence-corrected chi connectivity index (χ1v) is 8.01. The molecule has 9 nitrogen and oxygen atoms in total. The number of hydrogen-bond acceptors (Lipinski definition) is 7. The molecule has 1 aliphatic rings. The second-order valence-electron chi connectivity index (χ2n) is 5.80. The largest absolute Gasteiger partial charge is 0.491 e. The Bertz CT molecular complexity index is 906. The molecule has 156 valence electrons. The van der Waals surface area contributed by atoms with Crippen molar-refractivity contribution >= 4 is 17.8 Å². The van der Waals surface area contributed by atoms with E-state index in [1.165, 1.54) is 7.11 Å². The van der Waals surface area contributed by atoms with E-state index < -0.39 is 24.2 Å². The molecule has 0 amide bonds. The number of carboxylic acids is 2. The van der Waals surface area contributed by atoms with Gasteiger partial charge in [-0.25, -0.2) is 19.6 Å². The molecular formula is C17H16F3N3O6.